The third kappa shape index (κ3) is 2.09. The summed E-state index contributed by atoms with van der Waals surface area (Å²) in [7, 11) is 1.92. The molecule has 1 aromatic heterocycles. The molecule has 3 nitrogen and oxygen atoms in total. The second kappa shape index (κ2) is 4.78. The molecule has 2 heterocycles. The summed E-state index contributed by atoms with van der Waals surface area (Å²) >= 11 is 0. The van der Waals surface area contributed by atoms with E-state index in [1.165, 1.54) is 16.7 Å². The Balaban J connectivity index is 1.76. The lowest BCUT2D eigenvalue weighted by Gasteiger charge is -2.16. The van der Waals surface area contributed by atoms with Gasteiger partial charge in [0.1, 0.15) is 5.82 Å². The Morgan fingerprint density at radius 2 is 1.83 bits per heavy atom. The Labute approximate surface area is 107 Å². The van der Waals surface area contributed by atoms with Crippen molar-refractivity contribution in [1.29, 1.82) is 0 Å². The van der Waals surface area contributed by atoms with Crippen LogP contribution in [0.15, 0.2) is 42.6 Å². The summed E-state index contributed by atoms with van der Waals surface area (Å²) < 4.78 is 0. The quantitative estimate of drug-likeness (QED) is 0.892. The monoisotopic (exact) mass is 239 g/mol. The van der Waals surface area contributed by atoms with Gasteiger partial charge in [0.15, 0.2) is 0 Å². The van der Waals surface area contributed by atoms with E-state index in [-0.39, 0.29) is 0 Å². The van der Waals surface area contributed by atoms with Crippen molar-refractivity contribution in [2.75, 3.05) is 12.4 Å². The van der Waals surface area contributed by atoms with E-state index in [1.54, 1.807) is 0 Å². The molecule has 0 saturated carbocycles. The number of fused-ring (bicyclic) bond motifs is 1. The van der Waals surface area contributed by atoms with E-state index >= 15 is 0 Å². The van der Waals surface area contributed by atoms with Gasteiger partial charge < -0.3 is 5.32 Å². The molecule has 1 N–H and O–H groups in total. The summed E-state index contributed by atoms with van der Waals surface area (Å²) in [5.74, 6) is 0.980. The minimum absolute atomic E-state index is 0.943. The van der Waals surface area contributed by atoms with Crippen LogP contribution in [0, 0.1) is 0 Å². The lowest BCUT2D eigenvalue weighted by molar-refractivity contribution is 0.275. The zero-order valence-corrected chi connectivity index (χ0v) is 10.6. The molecule has 0 amide bonds. The van der Waals surface area contributed by atoms with E-state index in [2.05, 4.69) is 45.5 Å². The topological polar surface area (TPSA) is 28.2 Å². The molecule has 3 rings (SSSR count). The second-order valence-electron chi connectivity index (χ2n) is 4.68. The molecular weight excluding hydrogens is 222 g/mol. The van der Waals surface area contributed by atoms with Crippen LogP contribution in [-0.2, 0) is 19.6 Å². The highest BCUT2D eigenvalue weighted by Crippen LogP contribution is 2.25. The third-order valence-electron chi connectivity index (χ3n) is 3.43. The molecule has 18 heavy (non-hydrogen) atoms. The molecule has 0 fully saturated rings. The van der Waals surface area contributed by atoms with Gasteiger partial charge in [0.2, 0.25) is 0 Å². The predicted molar refractivity (Wildman–Crippen MR) is 73.2 cm³/mol. The van der Waals surface area contributed by atoms with Gasteiger partial charge in [0.25, 0.3) is 0 Å². The summed E-state index contributed by atoms with van der Waals surface area (Å²) in [4.78, 5) is 6.80. The molecule has 0 unspecified atom stereocenters. The number of rotatable bonds is 3. The van der Waals surface area contributed by atoms with Gasteiger partial charge in [-0.15, -0.1) is 0 Å². The van der Waals surface area contributed by atoms with Crippen LogP contribution in [0.1, 0.15) is 16.7 Å². The van der Waals surface area contributed by atoms with Gasteiger partial charge in [-0.3, -0.25) is 4.90 Å². The van der Waals surface area contributed by atoms with Crippen molar-refractivity contribution < 1.29 is 0 Å². The molecule has 92 valence electrons. The van der Waals surface area contributed by atoms with E-state index in [1.807, 2.05) is 19.3 Å². The average molecular weight is 239 g/mol. The van der Waals surface area contributed by atoms with Crippen molar-refractivity contribution in [2.24, 2.45) is 0 Å². The van der Waals surface area contributed by atoms with Crippen molar-refractivity contribution in [1.82, 2.24) is 9.88 Å². The Kier molecular flexibility index (Phi) is 2.99. The minimum atomic E-state index is 0.943. The molecule has 3 heteroatoms. The second-order valence-corrected chi connectivity index (χ2v) is 4.68. The van der Waals surface area contributed by atoms with Crippen molar-refractivity contribution in [2.45, 2.75) is 19.6 Å². The van der Waals surface area contributed by atoms with Crippen molar-refractivity contribution in [3.05, 3.63) is 59.3 Å². The van der Waals surface area contributed by atoms with Crippen molar-refractivity contribution in [3.63, 3.8) is 0 Å². The van der Waals surface area contributed by atoms with E-state index in [0.29, 0.717) is 0 Å². The molecule has 0 aliphatic carbocycles. The Morgan fingerprint density at radius 3 is 2.50 bits per heavy atom. The smallest absolute Gasteiger partial charge is 0.130 e. The zero-order chi connectivity index (χ0) is 12.4. The maximum Gasteiger partial charge on any atom is 0.130 e. The van der Waals surface area contributed by atoms with Crippen LogP contribution in [0.4, 0.5) is 5.82 Å². The van der Waals surface area contributed by atoms with Gasteiger partial charge in [-0.05, 0) is 17.2 Å². The molecule has 0 spiro atoms. The molecule has 0 saturated heterocycles. The molecule has 1 aliphatic rings. The van der Waals surface area contributed by atoms with Gasteiger partial charge in [-0.1, -0.05) is 30.3 Å². The van der Waals surface area contributed by atoms with Crippen LogP contribution in [0.2, 0.25) is 0 Å². The van der Waals surface area contributed by atoms with Crippen LogP contribution in [0.25, 0.3) is 0 Å². The SMILES string of the molecule is CNc1ncccc1CN1Cc2ccccc2C1. The Hall–Kier alpha value is -1.87. The third-order valence-corrected chi connectivity index (χ3v) is 3.43. The maximum atomic E-state index is 4.35. The fourth-order valence-electron chi connectivity index (χ4n) is 2.55. The van der Waals surface area contributed by atoms with Gasteiger partial charge >= 0.3 is 0 Å². The molecule has 0 atom stereocenters. The first kappa shape index (κ1) is 11.2. The number of hydrogen-bond donors (Lipinski definition) is 1. The fraction of sp³-hybridized carbons (Fsp3) is 0.267. The van der Waals surface area contributed by atoms with E-state index in [0.717, 1.165) is 25.5 Å². The van der Waals surface area contributed by atoms with E-state index in [4.69, 9.17) is 0 Å². The first-order valence-electron chi connectivity index (χ1n) is 6.27. The Bertz CT molecular complexity index is 526. The molecular formula is C15H17N3. The zero-order valence-electron chi connectivity index (χ0n) is 10.6. The summed E-state index contributed by atoms with van der Waals surface area (Å²) in [5, 5.41) is 3.15. The first-order chi connectivity index (χ1) is 8.86. The lowest BCUT2D eigenvalue weighted by Crippen LogP contribution is -2.16. The van der Waals surface area contributed by atoms with Crippen LogP contribution in [-0.4, -0.2) is 16.9 Å². The van der Waals surface area contributed by atoms with Gasteiger partial charge in [0, 0.05) is 38.4 Å². The summed E-state index contributed by atoms with van der Waals surface area (Å²) in [6.45, 7) is 3.02. The van der Waals surface area contributed by atoms with Gasteiger partial charge in [-0.2, -0.15) is 0 Å². The largest absolute Gasteiger partial charge is 0.373 e. The first-order valence-corrected chi connectivity index (χ1v) is 6.27. The molecule has 2 aromatic rings. The highest BCUT2D eigenvalue weighted by Gasteiger charge is 2.19. The fourth-order valence-corrected chi connectivity index (χ4v) is 2.55. The highest BCUT2D eigenvalue weighted by atomic mass is 15.1. The number of nitrogens with one attached hydrogen (secondary N) is 1. The summed E-state index contributed by atoms with van der Waals surface area (Å²) in [5.41, 5.74) is 4.16. The van der Waals surface area contributed by atoms with Gasteiger partial charge in [0.05, 0.1) is 0 Å². The van der Waals surface area contributed by atoms with Gasteiger partial charge in [-0.25, -0.2) is 4.98 Å². The number of hydrogen-bond acceptors (Lipinski definition) is 3. The highest BCUT2D eigenvalue weighted by molar-refractivity contribution is 5.43. The minimum Gasteiger partial charge on any atom is -0.373 e. The summed E-state index contributed by atoms with van der Waals surface area (Å²) in [6, 6.07) is 12.8. The number of aromatic nitrogens is 1. The number of pyridine rings is 1. The van der Waals surface area contributed by atoms with Crippen LogP contribution in [0.5, 0.6) is 0 Å². The molecule has 0 radical (unpaired) electrons. The average Bonchev–Trinajstić information content (AvgIpc) is 2.81. The van der Waals surface area contributed by atoms with E-state index in [9.17, 15) is 0 Å². The number of benzene rings is 1. The standard InChI is InChI=1S/C15H17N3/c1-16-15-14(7-4-8-17-15)11-18-9-12-5-2-3-6-13(12)10-18/h2-8H,9-11H2,1H3,(H,16,17). The number of anilines is 1. The van der Waals surface area contributed by atoms with Crippen molar-refractivity contribution in [3.8, 4) is 0 Å². The van der Waals surface area contributed by atoms with Crippen LogP contribution < -0.4 is 5.32 Å². The predicted octanol–water partition coefficient (Wildman–Crippen LogP) is 2.64. The molecule has 0 bridgehead atoms. The van der Waals surface area contributed by atoms with Crippen LogP contribution in [0.3, 0.4) is 0 Å². The molecule has 1 aliphatic heterocycles. The molecule has 1 aromatic carbocycles. The normalized spacial score (nSPS) is 14.5. The summed E-state index contributed by atoms with van der Waals surface area (Å²) in [6.07, 6.45) is 1.83. The van der Waals surface area contributed by atoms with Crippen LogP contribution >= 0.6 is 0 Å². The van der Waals surface area contributed by atoms with E-state index < -0.39 is 0 Å². The number of nitrogens with zero attached hydrogens (tertiary/aromatic N) is 2. The lowest BCUT2D eigenvalue weighted by atomic mass is 10.1. The van der Waals surface area contributed by atoms with Crippen molar-refractivity contribution >= 4 is 5.82 Å². The maximum absolute atomic E-state index is 4.35. The Morgan fingerprint density at radius 1 is 1.11 bits per heavy atom.